The van der Waals surface area contributed by atoms with E-state index in [1.165, 1.54) is 17.7 Å². The number of carbonyl (C=O) groups excluding carboxylic acids is 1. The number of ketones is 1. The maximum absolute atomic E-state index is 12.7. The minimum absolute atomic E-state index is 0.0886. The number of sulfone groups is 1. The predicted octanol–water partition coefficient (Wildman–Crippen LogP) is 4.68. The second-order valence-corrected chi connectivity index (χ2v) is 9.77. The second-order valence-electron chi connectivity index (χ2n) is 7.88. The SMILES string of the molecule is CC1(C)C2=C/C(=C/C=C3/C(=O)c4ccccc4S3(=O)=O)C=CN2c2ccccc21. The molecule has 5 heteroatoms. The Labute approximate surface area is 170 Å². The molecule has 2 aromatic rings. The molecule has 3 aliphatic heterocycles. The van der Waals surface area contributed by atoms with Crippen LogP contribution < -0.4 is 4.90 Å². The van der Waals surface area contributed by atoms with Crippen LogP contribution in [-0.4, -0.2) is 14.2 Å². The third kappa shape index (κ3) is 2.44. The van der Waals surface area contributed by atoms with Crippen molar-refractivity contribution in [2.45, 2.75) is 24.2 Å². The number of rotatable bonds is 1. The van der Waals surface area contributed by atoms with E-state index in [0.717, 1.165) is 17.0 Å². The van der Waals surface area contributed by atoms with E-state index in [1.807, 2.05) is 24.4 Å². The fraction of sp³-hybridized carbons (Fsp3) is 0.125. The van der Waals surface area contributed by atoms with Crippen LogP contribution in [0.1, 0.15) is 29.8 Å². The lowest BCUT2D eigenvalue weighted by atomic mass is 9.83. The van der Waals surface area contributed by atoms with E-state index < -0.39 is 15.6 Å². The molecule has 0 radical (unpaired) electrons. The fourth-order valence-electron chi connectivity index (χ4n) is 4.26. The minimum Gasteiger partial charge on any atom is -0.320 e. The van der Waals surface area contributed by atoms with Crippen LogP contribution in [-0.2, 0) is 15.3 Å². The van der Waals surface area contributed by atoms with E-state index in [1.54, 1.807) is 24.3 Å². The minimum atomic E-state index is -3.77. The Morgan fingerprint density at radius 3 is 2.48 bits per heavy atom. The molecule has 4 nitrogen and oxygen atoms in total. The van der Waals surface area contributed by atoms with Crippen molar-refractivity contribution in [2.75, 3.05) is 4.90 Å². The van der Waals surface area contributed by atoms with E-state index in [2.05, 4.69) is 37.0 Å². The third-order valence-electron chi connectivity index (χ3n) is 5.82. The summed E-state index contributed by atoms with van der Waals surface area (Å²) in [5.74, 6) is -0.444. The van der Waals surface area contributed by atoms with Gasteiger partial charge >= 0.3 is 0 Å². The first kappa shape index (κ1) is 17.9. The summed E-state index contributed by atoms with van der Waals surface area (Å²) in [5, 5.41) is 0. The molecule has 5 rings (SSSR count). The molecule has 29 heavy (non-hydrogen) atoms. The van der Waals surface area contributed by atoms with Crippen LogP contribution in [0.25, 0.3) is 0 Å². The summed E-state index contributed by atoms with van der Waals surface area (Å²) in [6, 6.07) is 14.6. The zero-order chi connectivity index (χ0) is 20.4. The molecule has 3 aliphatic rings. The fourth-order valence-corrected chi connectivity index (χ4v) is 5.81. The van der Waals surface area contributed by atoms with Crippen molar-refractivity contribution in [2.24, 2.45) is 0 Å². The number of benzene rings is 2. The maximum atomic E-state index is 12.7. The number of para-hydroxylation sites is 1. The van der Waals surface area contributed by atoms with Gasteiger partial charge in [0.2, 0.25) is 15.6 Å². The highest BCUT2D eigenvalue weighted by molar-refractivity contribution is 7.97. The van der Waals surface area contributed by atoms with Gasteiger partial charge in [-0.15, -0.1) is 0 Å². The van der Waals surface area contributed by atoms with Crippen LogP contribution in [0.2, 0.25) is 0 Å². The second kappa shape index (κ2) is 5.91. The van der Waals surface area contributed by atoms with Crippen LogP contribution in [0.3, 0.4) is 0 Å². The van der Waals surface area contributed by atoms with Gasteiger partial charge < -0.3 is 4.90 Å². The molecule has 0 fully saturated rings. The molecule has 144 valence electrons. The largest absolute Gasteiger partial charge is 0.320 e. The molecule has 0 saturated heterocycles. The van der Waals surface area contributed by atoms with Gasteiger partial charge in [0.1, 0.15) is 4.91 Å². The van der Waals surface area contributed by atoms with Gasteiger partial charge in [0, 0.05) is 28.6 Å². The van der Waals surface area contributed by atoms with Crippen molar-refractivity contribution in [1.29, 1.82) is 0 Å². The van der Waals surface area contributed by atoms with Crippen molar-refractivity contribution >= 4 is 21.3 Å². The van der Waals surface area contributed by atoms with E-state index in [-0.39, 0.29) is 20.8 Å². The summed E-state index contributed by atoms with van der Waals surface area (Å²) < 4.78 is 25.5. The molecule has 0 N–H and O–H groups in total. The normalized spacial score (nSPS) is 23.2. The van der Waals surface area contributed by atoms with E-state index in [0.29, 0.717) is 0 Å². The topological polar surface area (TPSA) is 54.5 Å². The van der Waals surface area contributed by atoms with Crippen LogP contribution in [0.5, 0.6) is 0 Å². The van der Waals surface area contributed by atoms with Crippen molar-refractivity contribution in [1.82, 2.24) is 0 Å². The molecule has 0 unspecified atom stereocenters. The van der Waals surface area contributed by atoms with Gasteiger partial charge in [-0.2, -0.15) is 0 Å². The molecule has 0 atom stereocenters. The molecular weight excluding hydrogens is 382 g/mol. The molecule has 0 aliphatic carbocycles. The van der Waals surface area contributed by atoms with Crippen LogP contribution >= 0.6 is 0 Å². The van der Waals surface area contributed by atoms with E-state index >= 15 is 0 Å². The maximum Gasteiger partial charge on any atom is 0.211 e. The Balaban J connectivity index is 1.56. The standard InChI is InChI=1S/C24H19NO3S/c1-24(2)18-8-4-5-9-19(18)25-14-13-16(15-22(24)25)11-12-21-23(26)17-7-3-6-10-20(17)29(21,27)28/h3-15H,1-2H3/b16-11+,21-12-. The van der Waals surface area contributed by atoms with Crippen LogP contribution in [0.15, 0.2) is 100 Å². The molecule has 0 aromatic heterocycles. The summed E-state index contributed by atoms with van der Waals surface area (Å²) in [6.07, 6.45) is 9.11. The number of allylic oxidation sites excluding steroid dienone is 7. The Hall–Kier alpha value is -3.18. The van der Waals surface area contributed by atoms with E-state index in [9.17, 15) is 13.2 Å². The number of anilines is 1. The molecule has 0 amide bonds. The molecule has 0 saturated carbocycles. The number of carbonyl (C=O) groups is 1. The summed E-state index contributed by atoms with van der Waals surface area (Å²) in [6.45, 7) is 4.35. The average molecular weight is 401 g/mol. The van der Waals surface area contributed by atoms with Gasteiger partial charge in [-0.25, -0.2) is 8.42 Å². The molecule has 0 spiro atoms. The quantitative estimate of drug-likeness (QED) is 0.652. The summed E-state index contributed by atoms with van der Waals surface area (Å²) in [5.41, 5.74) is 4.45. The lowest BCUT2D eigenvalue weighted by molar-refractivity contribution is 0.104. The zero-order valence-electron chi connectivity index (χ0n) is 16.1. The highest BCUT2D eigenvalue weighted by Gasteiger charge is 2.40. The van der Waals surface area contributed by atoms with Gasteiger partial charge in [-0.1, -0.05) is 50.3 Å². The number of Topliss-reactive ketones (excluding diaryl/α,β-unsaturated/α-hetero) is 1. The Morgan fingerprint density at radius 1 is 0.966 bits per heavy atom. The lowest BCUT2D eigenvalue weighted by Gasteiger charge is -2.27. The van der Waals surface area contributed by atoms with Crippen molar-refractivity contribution < 1.29 is 13.2 Å². The first-order valence-electron chi connectivity index (χ1n) is 9.42. The highest BCUT2D eigenvalue weighted by atomic mass is 32.2. The van der Waals surface area contributed by atoms with E-state index in [4.69, 9.17) is 0 Å². The Bertz CT molecular complexity index is 1310. The Kier molecular flexibility index (Phi) is 3.64. The van der Waals surface area contributed by atoms with Crippen LogP contribution in [0.4, 0.5) is 5.69 Å². The number of hydrogen-bond donors (Lipinski definition) is 0. The van der Waals surface area contributed by atoms with Crippen molar-refractivity contribution in [3.05, 3.63) is 106 Å². The smallest absolute Gasteiger partial charge is 0.211 e. The first-order valence-corrected chi connectivity index (χ1v) is 10.9. The monoisotopic (exact) mass is 401 g/mol. The lowest BCUT2D eigenvalue weighted by Crippen LogP contribution is -2.24. The molecule has 0 bridgehead atoms. The first-order chi connectivity index (χ1) is 13.8. The van der Waals surface area contributed by atoms with Gasteiger partial charge in [0.05, 0.1) is 4.90 Å². The van der Waals surface area contributed by atoms with Crippen molar-refractivity contribution in [3.8, 4) is 0 Å². The van der Waals surface area contributed by atoms with Gasteiger partial charge in [-0.05, 0) is 47.6 Å². The average Bonchev–Trinajstić information content (AvgIpc) is 3.06. The number of fused-ring (bicyclic) bond motifs is 4. The summed E-state index contributed by atoms with van der Waals surface area (Å²) in [4.78, 5) is 14.7. The molecular formula is C24H19NO3S. The van der Waals surface area contributed by atoms with Gasteiger partial charge in [-0.3, -0.25) is 4.79 Å². The summed E-state index contributed by atoms with van der Waals surface area (Å²) >= 11 is 0. The van der Waals surface area contributed by atoms with Crippen LogP contribution in [0, 0.1) is 0 Å². The predicted molar refractivity (Wildman–Crippen MR) is 113 cm³/mol. The summed E-state index contributed by atoms with van der Waals surface area (Å²) in [7, 11) is -3.77. The number of nitrogens with zero attached hydrogens (tertiary/aromatic N) is 1. The van der Waals surface area contributed by atoms with Gasteiger partial charge in [0.15, 0.2) is 0 Å². The van der Waals surface area contributed by atoms with Crippen molar-refractivity contribution in [3.63, 3.8) is 0 Å². The number of hydrogen-bond acceptors (Lipinski definition) is 4. The third-order valence-corrected chi connectivity index (χ3v) is 7.65. The molecule has 3 heterocycles. The zero-order valence-corrected chi connectivity index (χ0v) is 16.9. The molecule has 2 aromatic carbocycles. The van der Waals surface area contributed by atoms with Gasteiger partial charge in [0.25, 0.3) is 0 Å². The highest BCUT2D eigenvalue weighted by Crippen LogP contribution is 2.49. The Morgan fingerprint density at radius 2 is 1.69 bits per heavy atom.